The van der Waals surface area contributed by atoms with Crippen LogP contribution in [-0.2, 0) is 24.8 Å². The lowest BCUT2D eigenvalue weighted by Gasteiger charge is -2.26. The maximum absolute atomic E-state index is 14.0. The molecule has 0 N–H and O–H groups in total. The number of aryl methyl sites for hydroxylation is 1. The van der Waals surface area contributed by atoms with Crippen LogP contribution in [0, 0.1) is 5.82 Å². The normalized spacial score (nSPS) is 14.2. The van der Waals surface area contributed by atoms with Gasteiger partial charge in [-0.15, -0.1) is 0 Å². The highest BCUT2D eigenvalue weighted by Gasteiger charge is 2.26. The molecule has 0 fully saturated rings. The predicted octanol–water partition coefficient (Wildman–Crippen LogP) is 2.13. The van der Waals surface area contributed by atoms with Crippen molar-refractivity contribution in [3.63, 3.8) is 0 Å². The van der Waals surface area contributed by atoms with E-state index in [2.05, 4.69) is 5.10 Å². The topological polar surface area (TPSA) is 38.1 Å². The zero-order valence-electron chi connectivity index (χ0n) is 11.6. The van der Waals surface area contributed by atoms with Gasteiger partial charge in [-0.2, -0.15) is 5.10 Å². The number of hydrogen-bond acceptors (Lipinski definition) is 2. The molecule has 5 heteroatoms. The number of benzene rings is 1. The number of hydrogen-bond donors (Lipinski definition) is 0. The zero-order chi connectivity index (χ0) is 14.3. The molecular weight excluding hydrogens is 257 g/mol. The Morgan fingerprint density at radius 2 is 2.10 bits per heavy atom. The molecule has 3 rings (SSSR count). The molecule has 0 radical (unpaired) electrons. The average Bonchev–Trinajstić information content (AvgIpc) is 2.76. The summed E-state index contributed by atoms with van der Waals surface area (Å²) in [4.78, 5) is 13.3. The van der Waals surface area contributed by atoms with Gasteiger partial charge in [-0.25, -0.2) is 4.39 Å². The first-order valence-corrected chi connectivity index (χ1v) is 6.63. The summed E-state index contributed by atoms with van der Waals surface area (Å²) in [6, 6.07) is 6.62. The van der Waals surface area contributed by atoms with Crippen LogP contribution in [0.2, 0.25) is 0 Å². The fourth-order valence-corrected chi connectivity index (χ4v) is 2.73. The third-order valence-electron chi connectivity index (χ3n) is 3.82. The largest absolute Gasteiger partial charge is 0.338 e. The zero-order valence-corrected chi connectivity index (χ0v) is 11.6. The predicted molar refractivity (Wildman–Crippen MR) is 73.4 cm³/mol. The van der Waals surface area contributed by atoms with Gasteiger partial charge in [0.05, 0.1) is 0 Å². The van der Waals surface area contributed by atoms with Crippen LogP contribution in [0.25, 0.3) is 11.3 Å². The van der Waals surface area contributed by atoms with Crippen LogP contribution in [0.1, 0.15) is 18.2 Å². The first-order valence-electron chi connectivity index (χ1n) is 6.63. The molecule has 2 aromatic rings. The molecule has 1 aromatic carbocycles. The van der Waals surface area contributed by atoms with Gasteiger partial charge in [0.25, 0.3) is 0 Å². The Hall–Kier alpha value is -2.17. The van der Waals surface area contributed by atoms with Crippen LogP contribution in [-0.4, -0.2) is 27.1 Å². The van der Waals surface area contributed by atoms with Crippen molar-refractivity contribution in [3.05, 3.63) is 41.3 Å². The number of aromatic nitrogens is 2. The van der Waals surface area contributed by atoms with Gasteiger partial charge in [0.1, 0.15) is 11.5 Å². The van der Waals surface area contributed by atoms with E-state index in [9.17, 15) is 9.18 Å². The molecule has 0 aliphatic carbocycles. The second kappa shape index (κ2) is 4.74. The number of amides is 1. The van der Waals surface area contributed by atoms with Crippen LogP contribution >= 0.6 is 0 Å². The molecule has 1 amide bonds. The molecule has 104 valence electrons. The second-order valence-electron chi connectivity index (χ2n) is 5.07. The van der Waals surface area contributed by atoms with Crippen LogP contribution < -0.4 is 0 Å². The summed E-state index contributed by atoms with van der Waals surface area (Å²) in [7, 11) is 1.87. The summed E-state index contributed by atoms with van der Waals surface area (Å²) >= 11 is 0. The Morgan fingerprint density at radius 3 is 2.80 bits per heavy atom. The number of fused-ring (bicyclic) bond motifs is 1. The third kappa shape index (κ3) is 1.99. The quantitative estimate of drug-likeness (QED) is 0.798. The van der Waals surface area contributed by atoms with Crippen molar-refractivity contribution >= 4 is 5.91 Å². The molecule has 0 saturated carbocycles. The second-order valence-corrected chi connectivity index (χ2v) is 5.07. The number of carbonyl (C=O) groups excluding carboxylic acids is 1. The summed E-state index contributed by atoms with van der Waals surface area (Å²) in [6.45, 7) is 2.75. The molecule has 0 spiro atoms. The standard InChI is InChI=1S/C15H16FN3O/c1-10(20)19-8-7-14-12(9-19)15(17-18(14)2)11-5-3-4-6-13(11)16/h3-6H,7-9H2,1-2H3. The highest BCUT2D eigenvalue weighted by Crippen LogP contribution is 2.31. The van der Waals surface area contributed by atoms with Crippen molar-refractivity contribution in [2.45, 2.75) is 19.9 Å². The van der Waals surface area contributed by atoms with E-state index < -0.39 is 0 Å². The van der Waals surface area contributed by atoms with Gasteiger partial charge in [-0.1, -0.05) is 12.1 Å². The van der Waals surface area contributed by atoms with Crippen molar-refractivity contribution in [1.82, 2.24) is 14.7 Å². The van der Waals surface area contributed by atoms with Gasteiger partial charge in [0, 0.05) is 50.3 Å². The lowest BCUT2D eigenvalue weighted by molar-refractivity contribution is -0.129. The fraction of sp³-hybridized carbons (Fsp3) is 0.333. The van der Waals surface area contributed by atoms with E-state index in [1.54, 1.807) is 34.7 Å². The minimum Gasteiger partial charge on any atom is -0.338 e. The maximum Gasteiger partial charge on any atom is 0.219 e. The number of carbonyl (C=O) groups is 1. The Morgan fingerprint density at radius 1 is 1.35 bits per heavy atom. The minimum absolute atomic E-state index is 0.0407. The molecule has 1 aliphatic heterocycles. The third-order valence-corrected chi connectivity index (χ3v) is 3.82. The Kier molecular flexibility index (Phi) is 3.04. The molecule has 1 aromatic heterocycles. The lowest BCUT2D eigenvalue weighted by Crippen LogP contribution is -2.34. The van der Waals surface area contributed by atoms with Crippen molar-refractivity contribution < 1.29 is 9.18 Å². The van der Waals surface area contributed by atoms with Crippen LogP contribution in [0.15, 0.2) is 24.3 Å². The summed E-state index contributed by atoms with van der Waals surface area (Å²) in [5.74, 6) is -0.243. The van der Waals surface area contributed by atoms with Crippen molar-refractivity contribution in [2.75, 3.05) is 6.54 Å². The molecule has 0 bridgehead atoms. The molecule has 0 unspecified atom stereocenters. The van der Waals surface area contributed by atoms with E-state index in [1.165, 1.54) is 6.07 Å². The van der Waals surface area contributed by atoms with E-state index in [4.69, 9.17) is 0 Å². The maximum atomic E-state index is 14.0. The van der Waals surface area contributed by atoms with E-state index in [0.717, 1.165) is 17.7 Å². The SMILES string of the molecule is CC(=O)N1CCc2c(c(-c3ccccc3F)nn2C)C1. The first-order chi connectivity index (χ1) is 9.58. The molecule has 4 nitrogen and oxygen atoms in total. The molecular formula is C15H16FN3O. The van der Waals surface area contributed by atoms with Gasteiger partial charge in [-0.05, 0) is 12.1 Å². The highest BCUT2D eigenvalue weighted by atomic mass is 19.1. The van der Waals surface area contributed by atoms with E-state index in [0.29, 0.717) is 24.3 Å². The Bertz CT molecular complexity index is 678. The highest BCUT2D eigenvalue weighted by molar-refractivity contribution is 5.74. The average molecular weight is 273 g/mol. The molecule has 20 heavy (non-hydrogen) atoms. The number of rotatable bonds is 1. The Labute approximate surface area is 116 Å². The summed E-state index contributed by atoms with van der Waals surface area (Å²) in [5.41, 5.74) is 3.18. The number of nitrogens with zero attached hydrogens (tertiary/aromatic N) is 3. The summed E-state index contributed by atoms with van der Waals surface area (Å²) in [5, 5.41) is 4.46. The van der Waals surface area contributed by atoms with Gasteiger partial charge in [0.2, 0.25) is 5.91 Å². The number of halogens is 1. The molecule has 0 saturated heterocycles. The van der Waals surface area contributed by atoms with E-state index >= 15 is 0 Å². The van der Waals surface area contributed by atoms with Crippen LogP contribution in [0.5, 0.6) is 0 Å². The Balaban J connectivity index is 2.11. The monoisotopic (exact) mass is 273 g/mol. The van der Waals surface area contributed by atoms with Crippen molar-refractivity contribution in [2.24, 2.45) is 7.05 Å². The molecule has 0 atom stereocenters. The fourth-order valence-electron chi connectivity index (χ4n) is 2.73. The van der Waals surface area contributed by atoms with E-state index in [1.807, 2.05) is 7.05 Å². The van der Waals surface area contributed by atoms with Gasteiger partial charge >= 0.3 is 0 Å². The summed E-state index contributed by atoms with van der Waals surface area (Å²) in [6.07, 6.45) is 0.757. The van der Waals surface area contributed by atoms with Gasteiger partial charge in [-0.3, -0.25) is 9.48 Å². The lowest BCUT2D eigenvalue weighted by atomic mass is 10.0. The van der Waals surface area contributed by atoms with Crippen molar-refractivity contribution in [3.8, 4) is 11.3 Å². The van der Waals surface area contributed by atoms with E-state index in [-0.39, 0.29) is 11.7 Å². The minimum atomic E-state index is -0.284. The van der Waals surface area contributed by atoms with Crippen LogP contribution in [0.3, 0.4) is 0 Å². The molecule has 1 aliphatic rings. The first kappa shape index (κ1) is 12.8. The van der Waals surface area contributed by atoms with Crippen LogP contribution in [0.4, 0.5) is 4.39 Å². The smallest absolute Gasteiger partial charge is 0.219 e. The molecule has 2 heterocycles. The van der Waals surface area contributed by atoms with Gasteiger partial charge < -0.3 is 4.90 Å². The van der Waals surface area contributed by atoms with Gasteiger partial charge in [0.15, 0.2) is 0 Å². The van der Waals surface area contributed by atoms with Crippen molar-refractivity contribution in [1.29, 1.82) is 0 Å². The summed E-state index contributed by atoms with van der Waals surface area (Å²) < 4.78 is 15.8.